The summed E-state index contributed by atoms with van der Waals surface area (Å²) in [5.41, 5.74) is 4.01. The van der Waals surface area contributed by atoms with Crippen molar-refractivity contribution in [2.75, 3.05) is 29.7 Å². The van der Waals surface area contributed by atoms with E-state index in [9.17, 15) is 9.18 Å². The van der Waals surface area contributed by atoms with Crippen LogP contribution in [0.15, 0.2) is 36.9 Å². The Balaban J connectivity index is 1.47. The van der Waals surface area contributed by atoms with Crippen LogP contribution in [0.3, 0.4) is 0 Å². The number of aryl methyl sites for hydroxylation is 1. The second kappa shape index (κ2) is 8.91. The molecule has 3 aromatic rings. The molecule has 1 aliphatic heterocycles. The van der Waals surface area contributed by atoms with Gasteiger partial charge in [-0.15, -0.1) is 0 Å². The fraction of sp³-hybridized carbons (Fsp3) is 0.364. The number of carbonyl (C=O) groups excluding carboxylic acids is 1. The molecule has 10 heteroatoms. The zero-order valence-electron chi connectivity index (χ0n) is 18.5. The van der Waals surface area contributed by atoms with Crippen molar-refractivity contribution in [2.45, 2.75) is 39.1 Å². The Bertz CT molecular complexity index is 1130. The monoisotopic (exact) mass is 439 g/mol. The van der Waals surface area contributed by atoms with Crippen LogP contribution in [-0.2, 0) is 22.6 Å². The minimum Gasteiger partial charge on any atom is -0.379 e. The number of anilines is 3. The third kappa shape index (κ3) is 4.40. The number of carbonyl (C=O) groups is 1. The van der Waals surface area contributed by atoms with Crippen LogP contribution in [0.4, 0.5) is 21.6 Å². The predicted molar refractivity (Wildman–Crippen MR) is 119 cm³/mol. The Kier molecular flexibility index (Phi) is 6.04. The minimum absolute atomic E-state index is 0.110. The van der Waals surface area contributed by atoms with Gasteiger partial charge in [-0.05, 0) is 25.5 Å². The van der Waals surface area contributed by atoms with Gasteiger partial charge in [0.15, 0.2) is 0 Å². The highest BCUT2D eigenvalue weighted by Gasteiger charge is 2.36. The maximum Gasteiger partial charge on any atom is 0.249 e. The first-order valence-corrected chi connectivity index (χ1v) is 10.3. The second-order valence-electron chi connectivity index (χ2n) is 7.88. The normalized spacial score (nSPS) is 16.5. The van der Waals surface area contributed by atoms with E-state index in [2.05, 4.69) is 25.7 Å². The van der Waals surface area contributed by atoms with Gasteiger partial charge < -0.3 is 20.3 Å². The average molecular weight is 439 g/mol. The van der Waals surface area contributed by atoms with Crippen LogP contribution in [0.5, 0.6) is 0 Å². The quantitative estimate of drug-likeness (QED) is 0.584. The van der Waals surface area contributed by atoms with Gasteiger partial charge >= 0.3 is 0 Å². The highest BCUT2D eigenvalue weighted by atomic mass is 19.1. The Morgan fingerprint density at radius 3 is 2.84 bits per heavy atom. The number of nitrogens with zero attached hydrogens (tertiary/aromatic N) is 5. The van der Waals surface area contributed by atoms with Crippen molar-refractivity contribution in [2.24, 2.45) is 0 Å². The molecule has 0 aliphatic carbocycles. The molecule has 2 N–H and O–H groups in total. The molecule has 4 rings (SSSR count). The van der Waals surface area contributed by atoms with Crippen LogP contribution in [0.1, 0.15) is 23.7 Å². The molecule has 0 fully saturated rings. The topological polar surface area (TPSA) is 97.2 Å². The number of fused-ring (bicyclic) bond motifs is 1. The van der Waals surface area contributed by atoms with Crippen molar-refractivity contribution in [1.29, 1.82) is 0 Å². The summed E-state index contributed by atoms with van der Waals surface area (Å²) in [6, 6.07) is 2.93. The van der Waals surface area contributed by atoms with Gasteiger partial charge in [-0.2, -0.15) is 5.10 Å². The first-order valence-electron chi connectivity index (χ1n) is 10.3. The molecule has 1 aliphatic rings. The molecule has 9 nitrogen and oxygen atoms in total. The van der Waals surface area contributed by atoms with Gasteiger partial charge in [-0.1, -0.05) is 0 Å². The maximum absolute atomic E-state index is 13.3. The van der Waals surface area contributed by atoms with E-state index in [-0.39, 0.29) is 17.8 Å². The van der Waals surface area contributed by atoms with Crippen LogP contribution in [0.25, 0.3) is 0 Å². The number of halogens is 1. The molecule has 32 heavy (non-hydrogen) atoms. The van der Waals surface area contributed by atoms with Crippen LogP contribution < -0.4 is 15.5 Å². The van der Waals surface area contributed by atoms with Gasteiger partial charge in [-0.3, -0.25) is 14.5 Å². The van der Waals surface area contributed by atoms with E-state index in [1.54, 1.807) is 24.2 Å². The van der Waals surface area contributed by atoms with E-state index in [4.69, 9.17) is 4.74 Å². The van der Waals surface area contributed by atoms with Crippen molar-refractivity contribution in [3.8, 4) is 0 Å². The van der Waals surface area contributed by atoms with Crippen molar-refractivity contribution in [3.05, 3.63) is 59.6 Å². The summed E-state index contributed by atoms with van der Waals surface area (Å²) in [7, 11) is 3.48. The lowest BCUT2D eigenvalue weighted by Gasteiger charge is -2.38. The maximum atomic E-state index is 13.3. The van der Waals surface area contributed by atoms with Crippen molar-refractivity contribution in [3.63, 3.8) is 0 Å². The van der Waals surface area contributed by atoms with Crippen molar-refractivity contribution >= 4 is 23.1 Å². The van der Waals surface area contributed by atoms with E-state index in [0.717, 1.165) is 22.5 Å². The number of likely N-dealkylation sites (N-methyl/N-ethyl adjacent to an activating group) is 1. The molecule has 0 bridgehead atoms. The lowest BCUT2D eigenvalue weighted by Crippen LogP contribution is -2.52. The van der Waals surface area contributed by atoms with Gasteiger partial charge in [0, 0.05) is 44.7 Å². The summed E-state index contributed by atoms with van der Waals surface area (Å²) in [4.78, 5) is 22.9. The van der Waals surface area contributed by atoms with Gasteiger partial charge in [0.05, 0.1) is 42.1 Å². The molecule has 0 radical (unpaired) electrons. The van der Waals surface area contributed by atoms with Gasteiger partial charge in [0.1, 0.15) is 17.7 Å². The van der Waals surface area contributed by atoms with E-state index in [1.165, 1.54) is 12.3 Å². The first kappa shape index (κ1) is 21.7. The molecule has 0 spiro atoms. The fourth-order valence-corrected chi connectivity index (χ4v) is 3.87. The zero-order valence-corrected chi connectivity index (χ0v) is 18.5. The molecule has 4 heterocycles. The number of rotatable bonds is 7. The second-order valence-corrected chi connectivity index (χ2v) is 7.88. The average Bonchev–Trinajstić information content (AvgIpc) is 3.20. The lowest BCUT2D eigenvalue weighted by atomic mass is 10.0. The number of methoxy groups -OCH3 is 1. The first-order chi connectivity index (χ1) is 15.4. The van der Waals surface area contributed by atoms with Crippen molar-refractivity contribution in [1.82, 2.24) is 19.7 Å². The summed E-state index contributed by atoms with van der Waals surface area (Å²) < 4.78 is 20.5. The molecular formula is C22H26FN7O2. The van der Waals surface area contributed by atoms with Crippen LogP contribution >= 0.6 is 0 Å². The van der Waals surface area contributed by atoms with Crippen LogP contribution in [0.2, 0.25) is 0 Å². The van der Waals surface area contributed by atoms with Crippen LogP contribution in [0, 0.1) is 12.7 Å². The largest absolute Gasteiger partial charge is 0.379 e. The Morgan fingerprint density at radius 2 is 2.09 bits per heavy atom. The van der Waals surface area contributed by atoms with E-state index >= 15 is 0 Å². The van der Waals surface area contributed by atoms with E-state index < -0.39 is 6.04 Å². The molecule has 0 saturated heterocycles. The summed E-state index contributed by atoms with van der Waals surface area (Å²) in [6.07, 6.45) is 6.18. The zero-order chi connectivity index (χ0) is 22.8. The highest BCUT2D eigenvalue weighted by Crippen LogP contribution is 2.36. The Labute approximate surface area is 185 Å². The Hall–Kier alpha value is -3.53. The summed E-state index contributed by atoms with van der Waals surface area (Å²) in [5, 5.41) is 10.6. The number of aromatic nitrogens is 4. The number of ether oxygens (including phenoxy) is 1. The smallest absolute Gasteiger partial charge is 0.249 e. The van der Waals surface area contributed by atoms with Gasteiger partial charge in [0.2, 0.25) is 5.91 Å². The molecule has 1 unspecified atom stereocenters. The highest BCUT2D eigenvalue weighted by molar-refractivity contribution is 6.04. The lowest BCUT2D eigenvalue weighted by molar-refractivity contribution is -0.120. The molecule has 1 amide bonds. The summed E-state index contributed by atoms with van der Waals surface area (Å²) >= 11 is 0. The van der Waals surface area contributed by atoms with Gasteiger partial charge in [-0.25, -0.2) is 9.37 Å². The summed E-state index contributed by atoms with van der Waals surface area (Å²) in [5.74, 6) is 0.213. The molecule has 2 atom stereocenters. The van der Waals surface area contributed by atoms with Crippen molar-refractivity contribution < 1.29 is 13.9 Å². The predicted octanol–water partition coefficient (Wildman–Crippen LogP) is 2.57. The molecular weight excluding hydrogens is 413 g/mol. The Morgan fingerprint density at radius 1 is 1.28 bits per heavy atom. The van der Waals surface area contributed by atoms with Crippen LogP contribution in [-0.4, -0.2) is 52.0 Å². The number of pyridine rings is 2. The number of hydrogen-bond donors (Lipinski definition) is 2. The van der Waals surface area contributed by atoms with Gasteiger partial charge in [0.25, 0.3) is 0 Å². The number of amides is 1. The van der Waals surface area contributed by atoms with E-state index in [0.29, 0.717) is 24.6 Å². The fourth-order valence-electron chi connectivity index (χ4n) is 3.87. The molecule has 168 valence electrons. The van der Waals surface area contributed by atoms with E-state index in [1.807, 2.05) is 38.1 Å². The number of hydrogen-bond acceptors (Lipinski definition) is 7. The molecule has 3 aromatic heterocycles. The SMILES string of the molecule is CO[C@H](C)C1C(=O)Nc2c(cc(NCc3cnn(Cc4cncc(F)c4)c3)nc2C)N1C. The minimum atomic E-state index is -0.433. The third-order valence-corrected chi connectivity index (χ3v) is 5.58. The number of nitrogens with one attached hydrogen (secondary N) is 2. The molecule has 0 saturated carbocycles. The summed E-state index contributed by atoms with van der Waals surface area (Å²) in [6.45, 7) is 4.69. The molecule has 0 aromatic carbocycles. The third-order valence-electron chi connectivity index (χ3n) is 5.58. The standard InChI is InChI=1S/C22H26FN7O2/c1-13-20-18(29(3)21(14(2)32-4)22(31)28-20)6-19(27-13)25-8-16-9-26-30(12-16)11-15-5-17(23)10-24-7-15/h5-7,9-10,12,14,21H,8,11H2,1-4H3,(H,25,27)(H,28,31)/t14-,21?/m1/s1.